The molecule has 0 saturated heterocycles. The zero-order valence-corrected chi connectivity index (χ0v) is 11.7. The number of methoxy groups -OCH3 is 1. The molecule has 0 unspecified atom stereocenters. The Morgan fingerprint density at radius 3 is 2.76 bits per heavy atom. The van der Waals surface area contributed by atoms with Gasteiger partial charge in [-0.05, 0) is 30.3 Å². The molecule has 21 heavy (non-hydrogen) atoms. The van der Waals surface area contributed by atoms with Crippen molar-refractivity contribution in [3.63, 3.8) is 0 Å². The van der Waals surface area contributed by atoms with Crippen molar-refractivity contribution in [3.05, 3.63) is 58.4 Å². The van der Waals surface area contributed by atoms with E-state index in [1.807, 2.05) is 6.07 Å². The van der Waals surface area contributed by atoms with Crippen molar-refractivity contribution in [2.24, 2.45) is 0 Å². The van der Waals surface area contributed by atoms with Crippen LogP contribution in [-0.4, -0.2) is 13.0 Å². The zero-order valence-electron chi connectivity index (χ0n) is 11.0. The summed E-state index contributed by atoms with van der Waals surface area (Å²) in [7, 11) is 1.43. The van der Waals surface area contributed by atoms with Gasteiger partial charge >= 0.3 is 0 Å². The first kappa shape index (κ1) is 14.8. The number of halogens is 2. The van der Waals surface area contributed by atoms with E-state index < -0.39 is 11.7 Å². The van der Waals surface area contributed by atoms with Crippen molar-refractivity contribution in [1.29, 1.82) is 5.26 Å². The van der Waals surface area contributed by atoms with Crippen LogP contribution < -0.4 is 10.1 Å². The standard InChI is InChI=1S/C15H10ClFN2O2/c1-21-13-4-2-3-9(8-18)14(13)19-15(20)11-6-5-10(17)7-12(11)16/h2-7H,1H3,(H,19,20). The van der Waals surface area contributed by atoms with Gasteiger partial charge in [-0.3, -0.25) is 4.79 Å². The quantitative estimate of drug-likeness (QED) is 0.942. The van der Waals surface area contributed by atoms with Crippen molar-refractivity contribution in [2.45, 2.75) is 0 Å². The van der Waals surface area contributed by atoms with Crippen LogP contribution in [0, 0.1) is 17.1 Å². The van der Waals surface area contributed by atoms with Crippen LogP contribution in [0.2, 0.25) is 5.02 Å². The average molecular weight is 305 g/mol. The number of amides is 1. The van der Waals surface area contributed by atoms with Gasteiger partial charge in [0.05, 0.1) is 23.3 Å². The summed E-state index contributed by atoms with van der Waals surface area (Å²) >= 11 is 5.84. The number of hydrogen-bond acceptors (Lipinski definition) is 3. The van der Waals surface area contributed by atoms with Crippen LogP contribution in [0.25, 0.3) is 0 Å². The minimum atomic E-state index is -0.555. The second kappa shape index (κ2) is 6.25. The topological polar surface area (TPSA) is 62.1 Å². The summed E-state index contributed by atoms with van der Waals surface area (Å²) in [4.78, 5) is 12.2. The molecule has 2 rings (SSSR count). The largest absolute Gasteiger partial charge is 0.495 e. The Hall–Kier alpha value is -2.58. The molecule has 106 valence electrons. The molecule has 0 spiro atoms. The molecule has 0 aliphatic heterocycles. The Morgan fingerprint density at radius 2 is 2.14 bits per heavy atom. The van der Waals surface area contributed by atoms with Gasteiger partial charge in [0.2, 0.25) is 0 Å². The summed E-state index contributed by atoms with van der Waals surface area (Å²) < 4.78 is 18.1. The molecule has 2 aromatic rings. The summed E-state index contributed by atoms with van der Waals surface area (Å²) in [6.45, 7) is 0. The molecule has 1 amide bonds. The predicted octanol–water partition coefficient (Wildman–Crippen LogP) is 3.61. The fourth-order valence-corrected chi connectivity index (χ4v) is 2.03. The third-order valence-corrected chi connectivity index (χ3v) is 3.09. The van der Waals surface area contributed by atoms with Crippen molar-refractivity contribution < 1.29 is 13.9 Å². The molecule has 6 heteroatoms. The van der Waals surface area contributed by atoms with Gasteiger partial charge in [0.15, 0.2) is 0 Å². The minimum Gasteiger partial charge on any atom is -0.495 e. The van der Waals surface area contributed by atoms with Crippen LogP contribution in [0.5, 0.6) is 5.75 Å². The molecule has 2 aromatic carbocycles. The summed E-state index contributed by atoms with van der Waals surface area (Å²) in [5.74, 6) is -0.742. The van der Waals surface area contributed by atoms with Gasteiger partial charge in [-0.25, -0.2) is 4.39 Å². The summed E-state index contributed by atoms with van der Waals surface area (Å²) in [6.07, 6.45) is 0. The van der Waals surface area contributed by atoms with Crippen molar-refractivity contribution in [3.8, 4) is 11.8 Å². The molecule has 4 nitrogen and oxygen atoms in total. The lowest BCUT2D eigenvalue weighted by molar-refractivity contribution is 0.102. The van der Waals surface area contributed by atoms with E-state index in [0.29, 0.717) is 5.75 Å². The van der Waals surface area contributed by atoms with E-state index in [4.69, 9.17) is 21.6 Å². The SMILES string of the molecule is COc1cccc(C#N)c1NC(=O)c1ccc(F)cc1Cl. The Labute approximate surface area is 125 Å². The van der Waals surface area contributed by atoms with E-state index in [1.165, 1.54) is 13.2 Å². The van der Waals surface area contributed by atoms with Gasteiger partial charge in [-0.1, -0.05) is 17.7 Å². The molecular formula is C15H10ClFN2O2. The molecule has 0 aliphatic carbocycles. The summed E-state index contributed by atoms with van der Waals surface area (Å²) in [5.41, 5.74) is 0.599. The molecule has 0 radical (unpaired) electrons. The maximum absolute atomic E-state index is 13.0. The number of benzene rings is 2. The van der Waals surface area contributed by atoms with Gasteiger partial charge in [0, 0.05) is 0 Å². The first-order valence-electron chi connectivity index (χ1n) is 5.90. The van der Waals surface area contributed by atoms with E-state index in [-0.39, 0.29) is 21.8 Å². The number of carbonyl (C=O) groups excluding carboxylic acids is 1. The molecule has 0 aromatic heterocycles. The van der Waals surface area contributed by atoms with Crippen molar-refractivity contribution >= 4 is 23.2 Å². The summed E-state index contributed by atoms with van der Waals surface area (Å²) in [6, 6.07) is 10.2. The number of ether oxygens (including phenoxy) is 1. The van der Waals surface area contributed by atoms with Crippen molar-refractivity contribution in [2.75, 3.05) is 12.4 Å². The molecule has 0 aliphatic rings. The predicted molar refractivity (Wildman–Crippen MR) is 77.1 cm³/mol. The maximum Gasteiger partial charge on any atom is 0.257 e. The fourth-order valence-electron chi connectivity index (χ4n) is 1.78. The molecular weight excluding hydrogens is 295 g/mol. The van der Waals surface area contributed by atoms with E-state index in [1.54, 1.807) is 18.2 Å². The average Bonchev–Trinajstić information content (AvgIpc) is 2.47. The fraction of sp³-hybridized carbons (Fsp3) is 0.0667. The minimum absolute atomic E-state index is 0.0131. The van der Waals surface area contributed by atoms with Gasteiger partial charge in [-0.15, -0.1) is 0 Å². The Kier molecular flexibility index (Phi) is 4.41. The lowest BCUT2D eigenvalue weighted by Crippen LogP contribution is -2.14. The van der Waals surface area contributed by atoms with Crippen LogP contribution in [0.1, 0.15) is 15.9 Å². The van der Waals surface area contributed by atoms with Gasteiger partial charge in [0.1, 0.15) is 23.3 Å². The van der Waals surface area contributed by atoms with E-state index in [2.05, 4.69) is 5.32 Å². The van der Waals surface area contributed by atoms with Gasteiger partial charge in [-0.2, -0.15) is 5.26 Å². The maximum atomic E-state index is 13.0. The number of nitriles is 1. The third kappa shape index (κ3) is 3.12. The first-order chi connectivity index (χ1) is 10.1. The first-order valence-corrected chi connectivity index (χ1v) is 6.28. The highest BCUT2D eigenvalue weighted by molar-refractivity contribution is 6.34. The smallest absolute Gasteiger partial charge is 0.257 e. The van der Waals surface area contributed by atoms with E-state index >= 15 is 0 Å². The Bertz CT molecular complexity index is 741. The number of anilines is 1. The number of hydrogen-bond donors (Lipinski definition) is 1. The number of carbonyl (C=O) groups is 1. The molecule has 0 atom stereocenters. The van der Waals surface area contributed by atoms with E-state index in [0.717, 1.165) is 12.1 Å². The second-order valence-corrected chi connectivity index (χ2v) is 4.48. The number of para-hydroxylation sites is 1. The molecule has 0 heterocycles. The monoisotopic (exact) mass is 304 g/mol. The van der Waals surface area contributed by atoms with Crippen LogP contribution in [0.15, 0.2) is 36.4 Å². The van der Waals surface area contributed by atoms with Crippen LogP contribution in [0.4, 0.5) is 10.1 Å². The molecule has 1 N–H and O–H groups in total. The van der Waals surface area contributed by atoms with Crippen LogP contribution in [0.3, 0.4) is 0 Å². The summed E-state index contributed by atoms with van der Waals surface area (Å²) in [5, 5.41) is 11.6. The Balaban J connectivity index is 2.38. The highest BCUT2D eigenvalue weighted by Crippen LogP contribution is 2.29. The zero-order chi connectivity index (χ0) is 15.4. The van der Waals surface area contributed by atoms with Crippen LogP contribution >= 0.6 is 11.6 Å². The number of rotatable bonds is 3. The molecule has 0 bridgehead atoms. The Morgan fingerprint density at radius 1 is 1.38 bits per heavy atom. The van der Waals surface area contributed by atoms with E-state index in [9.17, 15) is 9.18 Å². The van der Waals surface area contributed by atoms with Gasteiger partial charge < -0.3 is 10.1 Å². The van der Waals surface area contributed by atoms with Crippen LogP contribution in [-0.2, 0) is 0 Å². The molecule has 0 saturated carbocycles. The number of nitrogens with one attached hydrogen (secondary N) is 1. The normalized spacial score (nSPS) is 9.81. The third-order valence-electron chi connectivity index (χ3n) is 2.78. The highest BCUT2D eigenvalue weighted by atomic mass is 35.5. The van der Waals surface area contributed by atoms with Crippen molar-refractivity contribution in [1.82, 2.24) is 0 Å². The lowest BCUT2D eigenvalue weighted by Gasteiger charge is -2.12. The lowest BCUT2D eigenvalue weighted by atomic mass is 10.1. The van der Waals surface area contributed by atoms with Gasteiger partial charge in [0.25, 0.3) is 5.91 Å². The molecule has 0 fully saturated rings. The number of nitrogens with zero attached hydrogens (tertiary/aromatic N) is 1. The second-order valence-electron chi connectivity index (χ2n) is 4.07. The highest BCUT2D eigenvalue weighted by Gasteiger charge is 2.16.